The molecule has 15 heteroatoms. The van der Waals surface area contributed by atoms with Crippen molar-refractivity contribution in [3.63, 3.8) is 0 Å². The summed E-state index contributed by atoms with van der Waals surface area (Å²) in [6, 6.07) is 22.0. The fraction of sp³-hybridized carbons (Fsp3) is 0. The normalized spacial score (nSPS) is 11.3. The SMILES string of the molecule is O=C(O)c1cc2ccc3c4cc(C(=O)O)c(C(=O)OC(=O)c5cc6ccc7c8cc(C(=O)O)c(C(=O)O)cc8ccc7c6cc5C(=O)O)cc4ccc3c2cc1C(=O)O. The first-order chi connectivity index (χ1) is 28.0. The summed E-state index contributed by atoms with van der Waals surface area (Å²) in [7, 11) is 0. The maximum atomic E-state index is 13.6. The summed E-state index contributed by atoms with van der Waals surface area (Å²) >= 11 is 0. The van der Waals surface area contributed by atoms with Crippen LogP contribution in [0.3, 0.4) is 0 Å². The van der Waals surface area contributed by atoms with Crippen molar-refractivity contribution in [1.82, 2.24) is 0 Å². The molecule has 0 unspecified atom stereocenters. The van der Waals surface area contributed by atoms with Crippen LogP contribution in [-0.2, 0) is 4.74 Å². The lowest BCUT2D eigenvalue weighted by atomic mass is 9.92. The molecule has 0 aliphatic rings. The Kier molecular flexibility index (Phi) is 8.51. The predicted octanol–water partition coefficient (Wildman–Crippen LogP) is 7.79. The van der Waals surface area contributed by atoms with E-state index in [9.17, 15) is 69.0 Å². The Bertz CT molecular complexity index is 3140. The molecule has 0 aliphatic heterocycles. The van der Waals surface area contributed by atoms with E-state index < -0.39 is 92.3 Å². The number of carboxylic acid groups (broad SMARTS) is 6. The van der Waals surface area contributed by atoms with Crippen molar-refractivity contribution in [3.8, 4) is 0 Å². The molecule has 0 saturated carbocycles. The van der Waals surface area contributed by atoms with Crippen LogP contribution in [0.5, 0.6) is 0 Å². The molecule has 6 N–H and O–H groups in total. The number of ether oxygens (including phenoxy) is 1. The lowest BCUT2D eigenvalue weighted by Crippen LogP contribution is -2.18. The van der Waals surface area contributed by atoms with Gasteiger partial charge in [-0.2, -0.15) is 0 Å². The topological polar surface area (TPSA) is 267 Å². The van der Waals surface area contributed by atoms with Crippen molar-refractivity contribution in [3.05, 3.63) is 142 Å². The van der Waals surface area contributed by atoms with Gasteiger partial charge in [0, 0.05) is 0 Å². The second-order valence-electron chi connectivity index (χ2n) is 13.4. The van der Waals surface area contributed by atoms with Crippen molar-refractivity contribution in [1.29, 1.82) is 0 Å². The average Bonchev–Trinajstić information content (AvgIpc) is 3.20. The van der Waals surface area contributed by atoms with Crippen LogP contribution < -0.4 is 0 Å². The summed E-state index contributed by atoms with van der Waals surface area (Å²) in [5.41, 5.74) is -4.00. The van der Waals surface area contributed by atoms with Crippen molar-refractivity contribution >= 4 is 112 Å². The molecule has 59 heavy (non-hydrogen) atoms. The van der Waals surface area contributed by atoms with Gasteiger partial charge < -0.3 is 35.4 Å². The standard InChI is InChI=1S/C44H22O15/c45-37(46)29-9-17-1-5-23-21(25(17)13-31(29)39(49)50)7-3-19-11-35(33(41(53)54)15-27(19)23)43(57)59-44(58)36-12-20-4-8-22-24(28(20)16-34(36)42(55)56)6-2-18-10-30(38(47)48)32(40(51)52)14-26(18)22/h1-16H,(H,45,46)(H,47,48)(H,49,50)(H,51,52)(H,53,54)(H,55,56). The van der Waals surface area contributed by atoms with Crippen LogP contribution in [0, 0.1) is 0 Å². The highest BCUT2D eigenvalue weighted by Gasteiger charge is 2.27. The van der Waals surface area contributed by atoms with Crippen LogP contribution in [0.4, 0.5) is 0 Å². The molecule has 0 bridgehead atoms. The lowest BCUT2D eigenvalue weighted by Gasteiger charge is -2.14. The van der Waals surface area contributed by atoms with Gasteiger partial charge in [-0.15, -0.1) is 0 Å². The van der Waals surface area contributed by atoms with Crippen molar-refractivity contribution < 1.29 is 73.7 Å². The summed E-state index contributed by atoms with van der Waals surface area (Å²) in [6.07, 6.45) is 0. The van der Waals surface area contributed by atoms with Crippen molar-refractivity contribution in [2.75, 3.05) is 0 Å². The first kappa shape index (κ1) is 37.2. The van der Waals surface area contributed by atoms with Gasteiger partial charge in [-0.1, -0.05) is 48.5 Å². The molecular formula is C44H22O15. The summed E-state index contributed by atoms with van der Waals surface area (Å²) < 4.78 is 5.11. The van der Waals surface area contributed by atoms with Crippen LogP contribution in [0.1, 0.15) is 82.9 Å². The van der Waals surface area contributed by atoms with Crippen molar-refractivity contribution in [2.45, 2.75) is 0 Å². The zero-order chi connectivity index (χ0) is 42.2. The molecule has 0 radical (unpaired) electrons. The van der Waals surface area contributed by atoms with E-state index >= 15 is 0 Å². The molecular weight excluding hydrogens is 768 g/mol. The molecule has 288 valence electrons. The van der Waals surface area contributed by atoms with E-state index in [0.29, 0.717) is 64.6 Å². The van der Waals surface area contributed by atoms with Gasteiger partial charge in [-0.3, -0.25) is 0 Å². The van der Waals surface area contributed by atoms with E-state index in [1.54, 1.807) is 24.3 Å². The smallest absolute Gasteiger partial charge is 0.346 e. The largest absolute Gasteiger partial charge is 0.478 e. The Labute approximate surface area is 327 Å². The van der Waals surface area contributed by atoms with Gasteiger partial charge >= 0.3 is 47.8 Å². The van der Waals surface area contributed by atoms with E-state index in [-0.39, 0.29) is 0 Å². The van der Waals surface area contributed by atoms with Gasteiger partial charge in [0.2, 0.25) is 0 Å². The number of carbonyl (C=O) groups is 8. The molecule has 0 atom stereocenters. The second-order valence-corrected chi connectivity index (χ2v) is 13.4. The van der Waals surface area contributed by atoms with E-state index in [0.717, 1.165) is 0 Å². The fourth-order valence-electron chi connectivity index (χ4n) is 7.53. The second kappa shape index (κ2) is 13.5. The van der Waals surface area contributed by atoms with E-state index in [1.165, 1.54) is 72.8 Å². The van der Waals surface area contributed by atoms with E-state index in [2.05, 4.69) is 0 Å². The number of aromatic carboxylic acids is 6. The minimum Gasteiger partial charge on any atom is -0.478 e. The first-order valence-corrected chi connectivity index (χ1v) is 17.1. The minimum absolute atomic E-state index is 0.313. The maximum Gasteiger partial charge on any atom is 0.346 e. The number of carbonyl (C=O) groups excluding carboxylic acids is 2. The van der Waals surface area contributed by atoms with Gasteiger partial charge in [0.05, 0.1) is 44.5 Å². The molecule has 8 aromatic carbocycles. The zero-order valence-electron chi connectivity index (χ0n) is 29.6. The summed E-state index contributed by atoms with van der Waals surface area (Å²) in [6.45, 7) is 0. The molecule has 0 fully saturated rings. The highest BCUT2D eigenvalue weighted by atomic mass is 16.6. The molecule has 0 heterocycles. The number of benzene rings is 8. The number of rotatable bonds is 8. The molecule has 8 aromatic rings. The average molecular weight is 791 g/mol. The highest BCUT2D eigenvalue weighted by Crippen LogP contribution is 2.37. The van der Waals surface area contributed by atoms with Gasteiger partial charge in [0.1, 0.15) is 0 Å². The van der Waals surface area contributed by atoms with Crippen LogP contribution >= 0.6 is 0 Å². The first-order valence-electron chi connectivity index (χ1n) is 17.1. The third-order valence-corrected chi connectivity index (χ3v) is 10.2. The third-order valence-electron chi connectivity index (χ3n) is 10.2. The van der Waals surface area contributed by atoms with Crippen LogP contribution in [0.25, 0.3) is 64.6 Å². The number of carboxylic acids is 6. The van der Waals surface area contributed by atoms with E-state index in [1.807, 2.05) is 0 Å². The maximum absolute atomic E-state index is 13.6. The number of hydrogen-bond acceptors (Lipinski definition) is 9. The highest BCUT2D eigenvalue weighted by molar-refractivity contribution is 6.23. The van der Waals surface area contributed by atoms with Gasteiger partial charge in [-0.05, 0) is 113 Å². The van der Waals surface area contributed by atoms with Crippen LogP contribution in [-0.4, -0.2) is 78.4 Å². The molecule has 0 aromatic heterocycles. The number of hydrogen-bond donors (Lipinski definition) is 6. The summed E-state index contributed by atoms with van der Waals surface area (Å²) in [5, 5.41) is 63.4. The summed E-state index contributed by atoms with van der Waals surface area (Å²) in [5.74, 6) is -11.8. The quantitative estimate of drug-likeness (QED) is 0.0487. The molecule has 0 aliphatic carbocycles. The molecule has 0 saturated heterocycles. The molecule has 0 amide bonds. The van der Waals surface area contributed by atoms with Gasteiger partial charge in [0.15, 0.2) is 0 Å². The molecule has 0 spiro atoms. The minimum atomic E-state index is -1.57. The molecule has 15 nitrogen and oxygen atoms in total. The Morgan fingerprint density at radius 2 is 0.475 bits per heavy atom. The van der Waals surface area contributed by atoms with Crippen LogP contribution in [0.2, 0.25) is 0 Å². The Balaban J connectivity index is 1.20. The molecule has 8 rings (SSSR count). The summed E-state index contributed by atoms with van der Waals surface area (Å²) in [4.78, 5) is 99.5. The third kappa shape index (κ3) is 6.02. The Morgan fingerprint density at radius 1 is 0.271 bits per heavy atom. The van der Waals surface area contributed by atoms with Gasteiger partial charge in [-0.25, -0.2) is 38.4 Å². The zero-order valence-corrected chi connectivity index (χ0v) is 29.6. The lowest BCUT2D eigenvalue weighted by molar-refractivity contribution is 0.0385. The van der Waals surface area contributed by atoms with Gasteiger partial charge in [0.25, 0.3) is 0 Å². The predicted molar refractivity (Wildman–Crippen MR) is 209 cm³/mol. The fourth-order valence-corrected chi connectivity index (χ4v) is 7.53. The number of esters is 2. The van der Waals surface area contributed by atoms with Crippen LogP contribution in [0.15, 0.2) is 97.1 Å². The van der Waals surface area contributed by atoms with E-state index in [4.69, 9.17) is 4.74 Å². The Hall–Kier alpha value is -8.72. The monoisotopic (exact) mass is 790 g/mol. The number of fused-ring (bicyclic) bond motifs is 10. The van der Waals surface area contributed by atoms with Crippen molar-refractivity contribution in [2.24, 2.45) is 0 Å². The Morgan fingerprint density at radius 3 is 0.712 bits per heavy atom.